The van der Waals surface area contributed by atoms with Crippen LogP contribution in [0.25, 0.3) is 10.8 Å². The Morgan fingerprint density at radius 2 is 1.60 bits per heavy atom. The van der Waals surface area contributed by atoms with Crippen molar-refractivity contribution in [3.8, 4) is 0 Å². The molecule has 2 heteroatoms. The summed E-state index contributed by atoms with van der Waals surface area (Å²) in [6.07, 6.45) is 3.25. The lowest BCUT2D eigenvalue weighted by Crippen LogP contribution is -2.44. The van der Waals surface area contributed by atoms with E-state index in [1.165, 1.54) is 16.3 Å². The van der Waals surface area contributed by atoms with Crippen LogP contribution in [-0.2, 0) is 10.3 Å². The topological polar surface area (TPSA) is 20.3 Å². The molecule has 1 saturated carbocycles. The Morgan fingerprint density at radius 3 is 2.25 bits per heavy atom. The maximum atomic E-state index is 11.6. The van der Waals surface area contributed by atoms with Crippen molar-refractivity contribution in [2.75, 3.05) is 14.1 Å². The second-order valence-electron chi connectivity index (χ2n) is 6.03. The molecular formula is C18H21NO. The van der Waals surface area contributed by atoms with Crippen molar-refractivity contribution in [1.29, 1.82) is 0 Å². The van der Waals surface area contributed by atoms with Crippen molar-refractivity contribution in [3.05, 3.63) is 48.0 Å². The molecule has 0 heterocycles. The van der Waals surface area contributed by atoms with Crippen LogP contribution >= 0.6 is 0 Å². The zero-order chi connectivity index (χ0) is 14.2. The Morgan fingerprint density at radius 1 is 0.950 bits per heavy atom. The van der Waals surface area contributed by atoms with Gasteiger partial charge in [-0.05, 0) is 49.3 Å². The quantitative estimate of drug-likeness (QED) is 0.826. The number of rotatable bonds is 2. The first-order valence-electron chi connectivity index (χ1n) is 7.30. The van der Waals surface area contributed by atoms with Crippen LogP contribution in [0.15, 0.2) is 42.5 Å². The molecule has 3 rings (SSSR count). The molecule has 1 fully saturated rings. The number of fused-ring (bicyclic) bond motifs is 1. The molecule has 0 bridgehead atoms. The van der Waals surface area contributed by atoms with E-state index in [9.17, 15) is 4.79 Å². The lowest BCUT2D eigenvalue weighted by Gasteiger charge is -2.43. The molecule has 0 aromatic heterocycles. The monoisotopic (exact) mass is 267 g/mol. The summed E-state index contributed by atoms with van der Waals surface area (Å²) < 4.78 is 0. The Balaban J connectivity index is 2.07. The average Bonchev–Trinajstić information content (AvgIpc) is 2.47. The number of ketones is 1. The van der Waals surface area contributed by atoms with Crippen LogP contribution in [0.5, 0.6) is 0 Å². The summed E-state index contributed by atoms with van der Waals surface area (Å²) >= 11 is 0. The van der Waals surface area contributed by atoms with Crippen LogP contribution in [0.4, 0.5) is 0 Å². The summed E-state index contributed by atoms with van der Waals surface area (Å²) in [6, 6.07) is 15.2. The molecule has 0 N–H and O–H groups in total. The maximum absolute atomic E-state index is 11.6. The Bertz CT molecular complexity index is 635. The van der Waals surface area contributed by atoms with Crippen LogP contribution in [0.1, 0.15) is 31.2 Å². The van der Waals surface area contributed by atoms with Gasteiger partial charge in [0, 0.05) is 18.4 Å². The minimum atomic E-state index is 0.0118. The molecule has 0 saturated heterocycles. The number of carbonyl (C=O) groups is 1. The van der Waals surface area contributed by atoms with Crippen LogP contribution in [0.2, 0.25) is 0 Å². The minimum Gasteiger partial charge on any atom is -0.300 e. The zero-order valence-electron chi connectivity index (χ0n) is 12.2. The lowest BCUT2D eigenvalue weighted by molar-refractivity contribution is -0.122. The molecule has 0 unspecified atom stereocenters. The second-order valence-corrected chi connectivity index (χ2v) is 6.03. The van der Waals surface area contributed by atoms with Crippen molar-refractivity contribution in [3.63, 3.8) is 0 Å². The van der Waals surface area contributed by atoms with E-state index in [0.717, 1.165) is 12.8 Å². The van der Waals surface area contributed by atoms with E-state index in [0.29, 0.717) is 18.6 Å². The van der Waals surface area contributed by atoms with Gasteiger partial charge in [-0.15, -0.1) is 0 Å². The SMILES string of the molecule is CN(C)C1(c2ccc3ccccc3c2)CCC(=O)CC1. The third kappa shape index (κ3) is 2.14. The first kappa shape index (κ1) is 13.3. The van der Waals surface area contributed by atoms with Gasteiger partial charge in [0.25, 0.3) is 0 Å². The van der Waals surface area contributed by atoms with Gasteiger partial charge in [0.2, 0.25) is 0 Å². The fourth-order valence-electron chi connectivity index (χ4n) is 3.42. The average molecular weight is 267 g/mol. The fraction of sp³-hybridized carbons (Fsp3) is 0.389. The summed E-state index contributed by atoms with van der Waals surface area (Å²) in [5, 5.41) is 2.56. The van der Waals surface area contributed by atoms with Gasteiger partial charge in [-0.25, -0.2) is 0 Å². The predicted octanol–water partition coefficient (Wildman–Crippen LogP) is 3.74. The van der Waals surface area contributed by atoms with Crippen molar-refractivity contribution in [2.45, 2.75) is 31.2 Å². The fourth-order valence-corrected chi connectivity index (χ4v) is 3.42. The Kier molecular flexibility index (Phi) is 3.35. The van der Waals surface area contributed by atoms with E-state index in [1.807, 2.05) is 0 Å². The van der Waals surface area contributed by atoms with Crippen molar-refractivity contribution in [1.82, 2.24) is 4.90 Å². The molecule has 20 heavy (non-hydrogen) atoms. The smallest absolute Gasteiger partial charge is 0.133 e. The van der Waals surface area contributed by atoms with Gasteiger partial charge in [0.15, 0.2) is 0 Å². The molecule has 2 aromatic carbocycles. The highest BCUT2D eigenvalue weighted by molar-refractivity contribution is 5.84. The summed E-state index contributed by atoms with van der Waals surface area (Å²) in [6.45, 7) is 0. The van der Waals surface area contributed by atoms with Gasteiger partial charge in [-0.1, -0.05) is 36.4 Å². The highest BCUT2D eigenvalue weighted by atomic mass is 16.1. The van der Waals surface area contributed by atoms with E-state index < -0.39 is 0 Å². The maximum Gasteiger partial charge on any atom is 0.133 e. The van der Waals surface area contributed by atoms with Gasteiger partial charge in [-0.2, -0.15) is 0 Å². The van der Waals surface area contributed by atoms with Gasteiger partial charge < -0.3 is 0 Å². The Hall–Kier alpha value is -1.67. The van der Waals surface area contributed by atoms with Gasteiger partial charge in [0.05, 0.1) is 0 Å². The Labute approximate surface area is 120 Å². The predicted molar refractivity (Wildman–Crippen MR) is 82.8 cm³/mol. The molecular weight excluding hydrogens is 246 g/mol. The normalized spacial score (nSPS) is 18.6. The number of hydrogen-bond donors (Lipinski definition) is 0. The number of hydrogen-bond acceptors (Lipinski definition) is 2. The number of Topliss-reactive ketones (excluding diaryl/α,β-unsaturated/α-hetero) is 1. The van der Waals surface area contributed by atoms with E-state index in [4.69, 9.17) is 0 Å². The van der Waals surface area contributed by atoms with Crippen LogP contribution in [0, 0.1) is 0 Å². The van der Waals surface area contributed by atoms with Gasteiger partial charge >= 0.3 is 0 Å². The summed E-state index contributed by atoms with van der Waals surface area (Å²) in [5.74, 6) is 0.406. The van der Waals surface area contributed by atoms with Crippen molar-refractivity contribution in [2.24, 2.45) is 0 Å². The molecule has 0 amide bonds. The highest BCUT2D eigenvalue weighted by Gasteiger charge is 2.38. The zero-order valence-corrected chi connectivity index (χ0v) is 12.2. The van der Waals surface area contributed by atoms with Crippen LogP contribution < -0.4 is 0 Å². The molecule has 0 atom stereocenters. The summed E-state index contributed by atoms with van der Waals surface area (Å²) in [5.41, 5.74) is 1.35. The molecule has 1 aliphatic rings. The minimum absolute atomic E-state index is 0.0118. The largest absolute Gasteiger partial charge is 0.300 e. The van der Waals surface area contributed by atoms with E-state index in [-0.39, 0.29) is 5.54 Å². The second kappa shape index (κ2) is 5.02. The standard InChI is InChI=1S/C18H21NO/c1-19(2)18(11-9-17(20)10-12-18)16-8-7-14-5-3-4-6-15(14)13-16/h3-8,13H,9-12H2,1-2H3. The molecule has 0 spiro atoms. The van der Waals surface area contributed by atoms with Crippen LogP contribution in [-0.4, -0.2) is 24.8 Å². The number of nitrogens with zero attached hydrogens (tertiary/aromatic N) is 1. The number of benzene rings is 2. The lowest BCUT2D eigenvalue weighted by atomic mass is 9.75. The number of carbonyl (C=O) groups excluding carboxylic acids is 1. The molecule has 104 valence electrons. The van der Waals surface area contributed by atoms with E-state index in [2.05, 4.69) is 61.5 Å². The van der Waals surface area contributed by atoms with E-state index in [1.54, 1.807) is 0 Å². The van der Waals surface area contributed by atoms with Crippen LogP contribution in [0.3, 0.4) is 0 Å². The molecule has 0 aliphatic heterocycles. The summed E-state index contributed by atoms with van der Waals surface area (Å²) in [4.78, 5) is 13.9. The third-order valence-corrected chi connectivity index (χ3v) is 4.78. The molecule has 2 nitrogen and oxygen atoms in total. The van der Waals surface area contributed by atoms with Gasteiger partial charge in [0.1, 0.15) is 5.78 Å². The highest BCUT2D eigenvalue weighted by Crippen LogP contribution is 2.40. The molecule has 2 aromatic rings. The first-order chi connectivity index (χ1) is 9.62. The molecule has 1 aliphatic carbocycles. The van der Waals surface area contributed by atoms with Crippen molar-refractivity contribution < 1.29 is 4.79 Å². The van der Waals surface area contributed by atoms with Crippen molar-refractivity contribution >= 4 is 16.6 Å². The summed E-state index contributed by atoms with van der Waals surface area (Å²) in [7, 11) is 4.26. The van der Waals surface area contributed by atoms with Gasteiger partial charge in [-0.3, -0.25) is 9.69 Å². The van der Waals surface area contributed by atoms with E-state index >= 15 is 0 Å². The third-order valence-electron chi connectivity index (χ3n) is 4.78. The first-order valence-corrected chi connectivity index (χ1v) is 7.30. The molecule has 0 radical (unpaired) electrons.